The number of aliphatic hydroxyl groups is 1. The number of para-hydroxylation sites is 1. The number of nitrogens with one attached hydrogen (secondary N) is 2. The maximum Gasteiger partial charge on any atom is 0.337 e. The summed E-state index contributed by atoms with van der Waals surface area (Å²) in [5.74, 6) is -7.67. The van der Waals surface area contributed by atoms with Gasteiger partial charge in [0.2, 0.25) is 5.91 Å². The van der Waals surface area contributed by atoms with Crippen LogP contribution in [0.4, 0.5) is 11.4 Å². The van der Waals surface area contributed by atoms with Crippen LogP contribution in [0.25, 0.3) is 0 Å². The molecule has 0 spiro atoms. The third-order valence-corrected chi connectivity index (χ3v) is 8.12. The summed E-state index contributed by atoms with van der Waals surface area (Å²) >= 11 is 0. The number of amides is 1. The highest BCUT2D eigenvalue weighted by atomic mass is 16.4. The maximum atomic E-state index is 13.4. The summed E-state index contributed by atoms with van der Waals surface area (Å²) in [5.41, 5.74) is -0.825. The number of hydrogen-bond acceptors (Lipinski definition) is 7. The van der Waals surface area contributed by atoms with Crippen LogP contribution < -0.4 is 10.6 Å². The molecular weight excluding hydrogens is 616 g/mol. The fraction of sp³-hybridized carbons (Fsp3) is 0.486. The molecule has 262 valence electrons. The summed E-state index contributed by atoms with van der Waals surface area (Å²) in [4.78, 5) is 61.1. The minimum absolute atomic E-state index is 0.144. The highest BCUT2D eigenvalue weighted by Crippen LogP contribution is 2.26. The van der Waals surface area contributed by atoms with Crippen LogP contribution in [-0.4, -0.2) is 61.7 Å². The molecule has 6 N–H and O–H groups in total. The molecule has 0 aromatic heterocycles. The van der Waals surface area contributed by atoms with Crippen LogP contribution in [-0.2, 0) is 30.4 Å². The number of carbonyl (C=O) groups excluding carboxylic acids is 2. The van der Waals surface area contributed by atoms with E-state index in [1.165, 1.54) is 12.5 Å². The number of carbonyl (C=O) groups is 5. The van der Waals surface area contributed by atoms with Crippen molar-refractivity contribution in [3.63, 3.8) is 0 Å². The number of rotatable bonds is 25. The molecule has 0 aliphatic rings. The highest BCUT2D eigenvalue weighted by Gasteiger charge is 2.49. The zero-order valence-corrected chi connectivity index (χ0v) is 27.7. The van der Waals surface area contributed by atoms with Crippen LogP contribution in [0.1, 0.15) is 96.0 Å². The summed E-state index contributed by atoms with van der Waals surface area (Å²) in [7, 11) is 0. The molecule has 3 unspecified atom stereocenters. The standard InChI is InChI=1S/C37H50N2O9/c1-2-3-4-7-13-18-30(40)19-14-8-5-6-9-15-20-31(37(48,36(46)47)26-33(41)42)34(43)39-32(35(44)45)25-27-21-23-29(24-22-27)38-28-16-11-10-12-17-28/h10-12,15-17,20-24,31-32,38,48H,2-9,13-14,18-19,25-26H2,1H3,(H,39,43)(H,41,42)(H,44,45)(H,46,47)/b20-15+. The van der Waals surface area contributed by atoms with Crippen molar-refractivity contribution in [3.05, 3.63) is 72.3 Å². The molecule has 0 fully saturated rings. The zero-order valence-electron chi connectivity index (χ0n) is 27.7. The van der Waals surface area contributed by atoms with Gasteiger partial charge in [0.1, 0.15) is 11.8 Å². The third-order valence-electron chi connectivity index (χ3n) is 8.12. The lowest BCUT2D eigenvalue weighted by Gasteiger charge is -2.29. The van der Waals surface area contributed by atoms with Crippen LogP contribution in [0, 0.1) is 5.92 Å². The van der Waals surface area contributed by atoms with Gasteiger partial charge in [-0.15, -0.1) is 0 Å². The van der Waals surface area contributed by atoms with E-state index < -0.39 is 47.8 Å². The van der Waals surface area contributed by atoms with E-state index in [1.54, 1.807) is 24.3 Å². The number of Topliss-reactive ketones (excluding diaryl/α,β-unsaturated/α-hetero) is 1. The van der Waals surface area contributed by atoms with Gasteiger partial charge in [-0.3, -0.25) is 14.4 Å². The largest absolute Gasteiger partial charge is 0.481 e. The first-order valence-electron chi connectivity index (χ1n) is 16.8. The van der Waals surface area contributed by atoms with Crippen LogP contribution in [0.2, 0.25) is 0 Å². The number of carboxylic acid groups (broad SMARTS) is 3. The molecule has 0 saturated heterocycles. The smallest absolute Gasteiger partial charge is 0.337 e. The number of unbranched alkanes of at least 4 members (excludes halogenated alkanes) is 8. The summed E-state index contributed by atoms with van der Waals surface area (Å²) in [6, 6.07) is 14.8. The zero-order chi connectivity index (χ0) is 35.4. The lowest BCUT2D eigenvalue weighted by molar-refractivity contribution is -0.172. The van der Waals surface area contributed by atoms with Crippen molar-refractivity contribution < 1.29 is 44.4 Å². The van der Waals surface area contributed by atoms with E-state index in [1.807, 2.05) is 30.3 Å². The van der Waals surface area contributed by atoms with Crippen LogP contribution in [0.5, 0.6) is 0 Å². The van der Waals surface area contributed by atoms with E-state index in [-0.39, 0.29) is 12.2 Å². The number of carboxylic acids is 3. The van der Waals surface area contributed by atoms with Gasteiger partial charge in [0.05, 0.1) is 12.3 Å². The summed E-state index contributed by atoms with van der Waals surface area (Å²) in [6.07, 6.45) is 11.3. The van der Waals surface area contributed by atoms with Gasteiger partial charge in [-0.25, -0.2) is 9.59 Å². The number of allylic oxidation sites excluding steroid dienone is 1. The first kappa shape index (κ1) is 39.7. The van der Waals surface area contributed by atoms with Gasteiger partial charge in [-0.2, -0.15) is 0 Å². The van der Waals surface area contributed by atoms with Crippen molar-refractivity contribution in [2.75, 3.05) is 5.32 Å². The van der Waals surface area contributed by atoms with Crippen molar-refractivity contribution >= 4 is 41.0 Å². The maximum absolute atomic E-state index is 13.4. The highest BCUT2D eigenvalue weighted by molar-refractivity contribution is 5.94. The van der Waals surface area contributed by atoms with Crippen molar-refractivity contribution in [1.82, 2.24) is 5.32 Å². The Bertz CT molecular complexity index is 1340. The Labute approximate surface area is 282 Å². The van der Waals surface area contributed by atoms with Crippen molar-refractivity contribution in [3.8, 4) is 0 Å². The minimum atomic E-state index is -3.02. The van der Waals surface area contributed by atoms with Crippen molar-refractivity contribution in [2.24, 2.45) is 5.92 Å². The number of ketones is 1. The van der Waals surface area contributed by atoms with E-state index >= 15 is 0 Å². The Balaban J connectivity index is 2.00. The van der Waals surface area contributed by atoms with Gasteiger partial charge in [0, 0.05) is 30.6 Å². The molecular formula is C37H50N2O9. The molecule has 2 rings (SSSR count). The number of aliphatic carboxylic acids is 3. The Kier molecular flexibility index (Phi) is 17.7. The second-order valence-corrected chi connectivity index (χ2v) is 12.2. The van der Waals surface area contributed by atoms with Crippen LogP contribution in [0.15, 0.2) is 66.7 Å². The quantitative estimate of drug-likeness (QED) is 0.0520. The number of benzene rings is 2. The van der Waals surface area contributed by atoms with Gasteiger partial charge in [0.25, 0.3) is 0 Å². The SMILES string of the molecule is CCCCCCCC(=O)CCCCCC/C=C/C(C(=O)NC(Cc1ccc(Nc2ccccc2)cc1)C(=O)O)C(O)(CC(=O)O)C(=O)O. The van der Waals surface area contributed by atoms with Crippen LogP contribution >= 0.6 is 0 Å². The predicted molar refractivity (Wildman–Crippen MR) is 183 cm³/mol. The molecule has 2 aromatic rings. The van der Waals surface area contributed by atoms with Crippen molar-refractivity contribution in [1.29, 1.82) is 0 Å². The fourth-order valence-corrected chi connectivity index (χ4v) is 5.34. The van der Waals surface area contributed by atoms with E-state index in [0.717, 1.165) is 62.4 Å². The number of anilines is 2. The molecule has 11 heteroatoms. The average molecular weight is 667 g/mol. The first-order valence-corrected chi connectivity index (χ1v) is 16.8. The molecule has 0 aliphatic carbocycles. The summed E-state index contributed by atoms with van der Waals surface area (Å²) < 4.78 is 0. The molecule has 3 atom stereocenters. The minimum Gasteiger partial charge on any atom is -0.481 e. The molecule has 0 heterocycles. The second kappa shape index (κ2) is 21.4. The first-order chi connectivity index (χ1) is 23.0. The molecule has 1 amide bonds. The van der Waals surface area contributed by atoms with Gasteiger partial charge >= 0.3 is 17.9 Å². The topological polar surface area (TPSA) is 190 Å². The average Bonchev–Trinajstić information content (AvgIpc) is 3.04. The van der Waals surface area contributed by atoms with Gasteiger partial charge < -0.3 is 31.1 Å². The normalized spacial score (nSPS) is 13.7. The van der Waals surface area contributed by atoms with Gasteiger partial charge in [-0.1, -0.05) is 87.9 Å². The molecule has 0 radical (unpaired) electrons. The van der Waals surface area contributed by atoms with Crippen molar-refractivity contribution in [2.45, 2.75) is 108 Å². The number of hydrogen-bond donors (Lipinski definition) is 6. The Morgan fingerprint density at radius 1 is 0.771 bits per heavy atom. The van der Waals surface area contributed by atoms with Gasteiger partial charge in [0.15, 0.2) is 5.60 Å². The lowest BCUT2D eigenvalue weighted by Crippen LogP contribution is -2.55. The molecule has 0 saturated carbocycles. The Morgan fingerprint density at radius 3 is 1.92 bits per heavy atom. The Morgan fingerprint density at radius 2 is 1.35 bits per heavy atom. The van der Waals surface area contributed by atoms with E-state index in [4.69, 9.17) is 0 Å². The Hall–Kier alpha value is -4.51. The molecule has 0 bridgehead atoms. The summed E-state index contributed by atoms with van der Waals surface area (Å²) in [5, 5.41) is 45.4. The lowest BCUT2D eigenvalue weighted by atomic mass is 9.82. The van der Waals surface area contributed by atoms with Crippen LogP contribution in [0.3, 0.4) is 0 Å². The second-order valence-electron chi connectivity index (χ2n) is 12.2. The predicted octanol–water partition coefficient (Wildman–Crippen LogP) is 6.28. The third kappa shape index (κ3) is 14.5. The van der Waals surface area contributed by atoms with E-state index in [2.05, 4.69) is 17.6 Å². The van der Waals surface area contributed by atoms with E-state index in [0.29, 0.717) is 31.2 Å². The van der Waals surface area contributed by atoms with Gasteiger partial charge in [-0.05, 0) is 55.5 Å². The fourth-order valence-electron chi connectivity index (χ4n) is 5.34. The monoisotopic (exact) mass is 666 g/mol. The molecule has 48 heavy (non-hydrogen) atoms. The summed E-state index contributed by atoms with van der Waals surface area (Å²) in [6.45, 7) is 2.15. The molecule has 0 aliphatic heterocycles. The molecule has 11 nitrogen and oxygen atoms in total. The molecule has 2 aromatic carbocycles. The van der Waals surface area contributed by atoms with E-state index in [9.17, 15) is 44.4 Å².